The van der Waals surface area contributed by atoms with Crippen molar-refractivity contribution < 1.29 is 4.79 Å². The topological polar surface area (TPSA) is 47.8 Å². The molecule has 3 heterocycles. The van der Waals surface area contributed by atoms with Gasteiger partial charge in [-0.3, -0.25) is 9.36 Å². The summed E-state index contributed by atoms with van der Waals surface area (Å²) < 4.78 is 1.87. The van der Waals surface area contributed by atoms with E-state index in [9.17, 15) is 4.79 Å². The molecule has 3 rings (SSSR count). The van der Waals surface area contributed by atoms with Crippen LogP contribution in [0.3, 0.4) is 0 Å². The van der Waals surface area contributed by atoms with E-state index < -0.39 is 0 Å². The van der Waals surface area contributed by atoms with Crippen molar-refractivity contribution in [3.05, 3.63) is 54.5 Å². The average Bonchev–Trinajstić information content (AvgIpc) is 2.87. The lowest BCUT2D eigenvalue weighted by Crippen LogP contribution is -2.06. The summed E-state index contributed by atoms with van der Waals surface area (Å²) in [5.41, 5.74) is 1.46. The van der Waals surface area contributed by atoms with Gasteiger partial charge in [0.25, 0.3) is 0 Å². The minimum atomic E-state index is -0.0435. The van der Waals surface area contributed by atoms with E-state index in [0.29, 0.717) is 5.56 Å². The van der Waals surface area contributed by atoms with Crippen LogP contribution in [0.15, 0.2) is 48.9 Å². The van der Waals surface area contributed by atoms with Gasteiger partial charge in [0.15, 0.2) is 5.78 Å². The van der Waals surface area contributed by atoms with Crippen molar-refractivity contribution in [2.24, 2.45) is 5.92 Å². The zero-order valence-electron chi connectivity index (χ0n) is 11.4. The molecule has 0 unspecified atom stereocenters. The van der Waals surface area contributed by atoms with Crippen LogP contribution < -0.4 is 0 Å². The lowest BCUT2D eigenvalue weighted by molar-refractivity contribution is 0.0941. The molecule has 4 heteroatoms. The van der Waals surface area contributed by atoms with Crippen LogP contribution in [0.1, 0.15) is 24.2 Å². The van der Waals surface area contributed by atoms with Crippen molar-refractivity contribution in [3.63, 3.8) is 0 Å². The van der Waals surface area contributed by atoms with E-state index in [1.54, 1.807) is 12.4 Å². The van der Waals surface area contributed by atoms with E-state index in [2.05, 4.69) is 9.97 Å². The lowest BCUT2D eigenvalue weighted by Gasteiger charge is -2.02. The molecule has 0 amide bonds. The average molecular weight is 265 g/mol. The predicted octanol–water partition coefficient (Wildman–Crippen LogP) is 3.26. The minimum Gasteiger partial charge on any atom is -0.294 e. The van der Waals surface area contributed by atoms with E-state index in [1.165, 1.54) is 0 Å². The van der Waals surface area contributed by atoms with Crippen LogP contribution in [-0.2, 0) is 0 Å². The number of Topliss-reactive ketones (excluding diaryl/α,β-unsaturated/α-hetero) is 1. The summed E-state index contributed by atoms with van der Waals surface area (Å²) in [6.07, 6.45) is 5.29. The van der Waals surface area contributed by atoms with Crippen molar-refractivity contribution >= 4 is 16.8 Å². The van der Waals surface area contributed by atoms with Crippen LogP contribution in [0.4, 0.5) is 0 Å². The number of hydrogen-bond donors (Lipinski definition) is 0. The molecule has 0 aromatic carbocycles. The van der Waals surface area contributed by atoms with Gasteiger partial charge in [0.05, 0.1) is 0 Å². The second-order valence-corrected chi connectivity index (χ2v) is 4.99. The van der Waals surface area contributed by atoms with Gasteiger partial charge in [0, 0.05) is 35.5 Å². The molecule has 0 atom stereocenters. The Morgan fingerprint density at radius 3 is 2.60 bits per heavy atom. The van der Waals surface area contributed by atoms with Gasteiger partial charge in [-0.25, -0.2) is 9.97 Å². The van der Waals surface area contributed by atoms with E-state index in [0.717, 1.165) is 16.9 Å². The molecular formula is C16H15N3O. The molecule has 4 nitrogen and oxygen atoms in total. The molecule has 0 aliphatic carbocycles. The standard InChI is InChI=1S/C16H15N3O/c1-11(2)15(20)13-10-19(14-7-3-4-8-17-14)16-12(13)6-5-9-18-16/h3-11H,1-2H3. The van der Waals surface area contributed by atoms with Crippen LogP contribution in [-0.4, -0.2) is 20.3 Å². The van der Waals surface area contributed by atoms with Crippen molar-refractivity contribution in [2.45, 2.75) is 13.8 Å². The smallest absolute Gasteiger partial charge is 0.167 e. The van der Waals surface area contributed by atoms with Gasteiger partial charge in [-0.2, -0.15) is 0 Å². The molecule has 20 heavy (non-hydrogen) atoms. The molecule has 3 aromatic heterocycles. The van der Waals surface area contributed by atoms with Gasteiger partial charge in [0.2, 0.25) is 0 Å². The second kappa shape index (κ2) is 4.89. The summed E-state index contributed by atoms with van der Waals surface area (Å²) in [6, 6.07) is 9.46. The van der Waals surface area contributed by atoms with Crippen LogP contribution in [0.25, 0.3) is 16.9 Å². The Balaban J connectivity index is 2.27. The molecule has 0 saturated heterocycles. The van der Waals surface area contributed by atoms with E-state index >= 15 is 0 Å². The highest BCUT2D eigenvalue weighted by atomic mass is 16.1. The fraction of sp³-hybridized carbons (Fsp3) is 0.188. The number of ketones is 1. The largest absolute Gasteiger partial charge is 0.294 e. The number of pyridine rings is 2. The van der Waals surface area contributed by atoms with Crippen molar-refractivity contribution in [1.82, 2.24) is 14.5 Å². The van der Waals surface area contributed by atoms with Gasteiger partial charge >= 0.3 is 0 Å². The zero-order valence-corrected chi connectivity index (χ0v) is 11.4. The number of aromatic nitrogens is 3. The number of fused-ring (bicyclic) bond motifs is 1. The summed E-state index contributed by atoms with van der Waals surface area (Å²) in [5.74, 6) is 0.842. The Morgan fingerprint density at radius 2 is 1.90 bits per heavy atom. The molecule has 0 saturated carbocycles. The van der Waals surface area contributed by atoms with Crippen LogP contribution >= 0.6 is 0 Å². The minimum absolute atomic E-state index is 0.0435. The number of rotatable bonds is 3. The summed E-state index contributed by atoms with van der Waals surface area (Å²) in [5, 5.41) is 0.872. The molecule has 0 bridgehead atoms. The number of carbonyl (C=O) groups is 1. The van der Waals surface area contributed by atoms with Crippen LogP contribution in [0, 0.1) is 5.92 Å². The Labute approximate surface area is 117 Å². The highest BCUT2D eigenvalue weighted by molar-refractivity contribution is 6.08. The summed E-state index contributed by atoms with van der Waals surface area (Å²) >= 11 is 0. The number of carbonyl (C=O) groups excluding carboxylic acids is 1. The maximum absolute atomic E-state index is 12.3. The Morgan fingerprint density at radius 1 is 1.10 bits per heavy atom. The lowest BCUT2D eigenvalue weighted by atomic mass is 10.0. The monoisotopic (exact) mass is 265 g/mol. The Bertz CT molecular complexity index is 760. The van der Waals surface area contributed by atoms with Crippen LogP contribution in [0.2, 0.25) is 0 Å². The van der Waals surface area contributed by atoms with Gasteiger partial charge in [0.1, 0.15) is 11.5 Å². The molecule has 3 aromatic rings. The van der Waals surface area contributed by atoms with Gasteiger partial charge in [-0.05, 0) is 24.3 Å². The molecule has 0 N–H and O–H groups in total. The highest BCUT2D eigenvalue weighted by Crippen LogP contribution is 2.24. The quantitative estimate of drug-likeness (QED) is 0.683. The number of nitrogens with zero attached hydrogens (tertiary/aromatic N) is 3. The van der Waals surface area contributed by atoms with Crippen LogP contribution in [0.5, 0.6) is 0 Å². The molecule has 0 spiro atoms. The molecule has 0 aliphatic rings. The molecule has 0 fully saturated rings. The van der Waals surface area contributed by atoms with E-state index in [-0.39, 0.29) is 11.7 Å². The third-order valence-electron chi connectivity index (χ3n) is 3.25. The SMILES string of the molecule is CC(C)C(=O)c1cn(-c2ccccn2)c2ncccc12. The maximum Gasteiger partial charge on any atom is 0.167 e. The first kappa shape index (κ1) is 12.5. The first-order valence-electron chi connectivity index (χ1n) is 6.60. The molecule has 0 radical (unpaired) electrons. The Hall–Kier alpha value is -2.49. The van der Waals surface area contributed by atoms with Gasteiger partial charge < -0.3 is 0 Å². The third-order valence-corrected chi connectivity index (χ3v) is 3.25. The zero-order chi connectivity index (χ0) is 14.1. The highest BCUT2D eigenvalue weighted by Gasteiger charge is 2.18. The molecule has 0 aliphatic heterocycles. The first-order chi connectivity index (χ1) is 9.68. The predicted molar refractivity (Wildman–Crippen MR) is 78.0 cm³/mol. The number of hydrogen-bond acceptors (Lipinski definition) is 3. The van der Waals surface area contributed by atoms with Gasteiger partial charge in [-0.1, -0.05) is 19.9 Å². The summed E-state index contributed by atoms with van der Waals surface area (Å²) in [7, 11) is 0. The first-order valence-corrected chi connectivity index (χ1v) is 6.60. The van der Waals surface area contributed by atoms with Crippen molar-refractivity contribution in [1.29, 1.82) is 0 Å². The molecule has 100 valence electrons. The third kappa shape index (κ3) is 1.99. The Kier molecular flexibility index (Phi) is 3.06. The van der Waals surface area contributed by atoms with E-state index in [1.807, 2.05) is 54.9 Å². The second-order valence-electron chi connectivity index (χ2n) is 4.99. The molecular weight excluding hydrogens is 250 g/mol. The van der Waals surface area contributed by atoms with Gasteiger partial charge in [-0.15, -0.1) is 0 Å². The van der Waals surface area contributed by atoms with Crippen molar-refractivity contribution in [2.75, 3.05) is 0 Å². The summed E-state index contributed by atoms with van der Waals surface area (Å²) in [6.45, 7) is 3.81. The van der Waals surface area contributed by atoms with E-state index in [4.69, 9.17) is 0 Å². The summed E-state index contributed by atoms with van der Waals surface area (Å²) in [4.78, 5) is 21.1. The fourth-order valence-corrected chi connectivity index (χ4v) is 2.24. The maximum atomic E-state index is 12.3. The van der Waals surface area contributed by atoms with Crippen molar-refractivity contribution in [3.8, 4) is 5.82 Å². The normalized spacial score (nSPS) is 11.2. The fourth-order valence-electron chi connectivity index (χ4n) is 2.24.